The van der Waals surface area contributed by atoms with Gasteiger partial charge in [0.2, 0.25) is 5.91 Å². The second-order valence-electron chi connectivity index (χ2n) is 7.21. The Morgan fingerprint density at radius 1 is 0.862 bits per heavy atom. The summed E-state index contributed by atoms with van der Waals surface area (Å²) in [6.45, 7) is 7.86. The number of benzene rings is 2. The molecule has 1 atom stereocenters. The SMILES string of the molecule is CCOCc1ccc(CNC(=O)C(NC(=O)NCc2ccccc2)C(C)C)cc1. The van der Waals surface area contributed by atoms with Crippen molar-refractivity contribution in [3.63, 3.8) is 0 Å². The average Bonchev–Trinajstić information content (AvgIpc) is 2.74. The zero-order valence-electron chi connectivity index (χ0n) is 17.4. The lowest BCUT2D eigenvalue weighted by Gasteiger charge is -2.22. The summed E-state index contributed by atoms with van der Waals surface area (Å²) in [6, 6.07) is 16.6. The van der Waals surface area contributed by atoms with Gasteiger partial charge in [0.05, 0.1) is 6.61 Å². The molecule has 0 aliphatic heterocycles. The lowest BCUT2D eigenvalue weighted by molar-refractivity contribution is -0.124. The highest BCUT2D eigenvalue weighted by atomic mass is 16.5. The Bertz CT molecular complexity index is 761. The third kappa shape index (κ3) is 7.95. The average molecular weight is 398 g/mol. The molecule has 0 spiro atoms. The van der Waals surface area contributed by atoms with Crippen LogP contribution in [0.25, 0.3) is 0 Å². The Morgan fingerprint density at radius 2 is 1.45 bits per heavy atom. The monoisotopic (exact) mass is 397 g/mol. The Labute approximate surface area is 173 Å². The Balaban J connectivity index is 1.82. The van der Waals surface area contributed by atoms with Crippen LogP contribution < -0.4 is 16.0 Å². The first-order valence-corrected chi connectivity index (χ1v) is 10.0. The van der Waals surface area contributed by atoms with E-state index in [1.54, 1.807) is 0 Å². The van der Waals surface area contributed by atoms with Crippen molar-refractivity contribution in [1.29, 1.82) is 0 Å². The van der Waals surface area contributed by atoms with Crippen LogP contribution in [0.2, 0.25) is 0 Å². The topological polar surface area (TPSA) is 79.5 Å². The molecule has 3 amide bonds. The molecule has 0 radical (unpaired) electrons. The molecule has 0 aliphatic rings. The van der Waals surface area contributed by atoms with Crippen LogP contribution in [-0.4, -0.2) is 24.6 Å². The van der Waals surface area contributed by atoms with Gasteiger partial charge in [-0.15, -0.1) is 0 Å². The summed E-state index contributed by atoms with van der Waals surface area (Å²) in [4.78, 5) is 24.8. The predicted octanol–water partition coefficient (Wildman–Crippen LogP) is 3.36. The largest absolute Gasteiger partial charge is 0.377 e. The van der Waals surface area contributed by atoms with Crippen molar-refractivity contribution in [2.75, 3.05) is 6.61 Å². The Morgan fingerprint density at radius 3 is 2.07 bits per heavy atom. The number of carbonyl (C=O) groups is 2. The van der Waals surface area contributed by atoms with E-state index in [0.717, 1.165) is 16.7 Å². The molecule has 156 valence electrons. The fourth-order valence-electron chi connectivity index (χ4n) is 2.78. The van der Waals surface area contributed by atoms with E-state index in [4.69, 9.17) is 4.74 Å². The van der Waals surface area contributed by atoms with Crippen LogP contribution in [0.5, 0.6) is 0 Å². The molecule has 2 rings (SSSR count). The fraction of sp³-hybridized carbons (Fsp3) is 0.391. The first kappa shape index (κ1) is 22.4. The van der Waals surface area contributed by atoms with Crippen molar-refractivity contribution < 1.29 is 14.3 Å². The minimum absolute atomic E-state index is 0.0361. The first-order chi connectivity index (χ1) is 14.0. The predicted molar refractivity (Wildman–Crippen MR) is 114 cm³/mol. The minimum atomic E-state index is -0.608. The number of ether oxygens (including phenoxy) is 1. The Kier molecular flexibility index (Phi) is 9.18. The molecule has 0 aliphatic carbocycles. The normalized spacial score (nSPS) is 11.7. The molecule has 1 unspecified atom stereocenters. The number of rotatable bonds is 10. The highest BCUT2D eigenvalue weighted by Crippen LogP contribution is 2.07. The summed E-state index contributed by atoms with van der Waals surface area (Å²) in [5, 5.41) is 8.48. The van der Waals surface area contributed by atoms with E-state index in [1.807, 2.05) is 75.4 Å². The molecule has 0 fully saturated rings. The molecule has 2 aromatic rings. The van der Waals surface area contributed by atoms with E-state index >= 15 is 0 Å². The smallest absolute Gasteiger partial charge is 0.315 e. The van der Waals surface area contributed by atoms with Crippen molar-refractivity contribution >= 4 is 11.9 Å². The zero-order chi connectivity index (χ0) is 21.1. The van der Waals surface area contributed by atoms with Crippen LogP contribution in [0.4, 0.5) is 4.79 Å². The van der Waals surface area contributed by atoms with E-state index in [2.05, 4.69) is 16.0 Å². The van der Waals surface area contributed by atoms with Gasteiger partial charge < -0.3 is 20.7 Å². The van der Waals surface area contributed by atoms with Crippen LogP contribution in [0.15, 0.2) is 54.6 Å². The second-order valence-corrected chi connectivity index (χ2v) is 7.21. The third-order valence-electron chi connectivity index (χ3n) is 4.49. The van der Waals surface area contributed by atoms with Gasteiger partial charge in [-0.3, -0.25) is 4.79 Å². The van der Waals surface area contributed by atoms with Crippen LogP contribution in [0, 0.1) is 5.92 Å². The fourth-order valence-corrected chi connectivity index (χ4v) is 2.78. The van der Waals surface area contributed by atoms with Crippen LogP contribution >= 0.6 is 0 Å². The molecule has 6 heteroatoms. The summed E-state index contributed by atoms with van der Waals surface area (Å²) in [5.41, 5.74) is 3.09. The van der Waals surface area contributed by atoms with E-state index in [9.17, 15) is 9.59 Å². The van der Waals surface area contributed by atoms with Gasteiger partial charge in [-0.05, 0) is 29.5 Å². The highest BCUT2D eigenvalue weighted by molar-refractivity contribution is 5.87. The number of nitrogens with one attached hydrogen (secondary N) is 3. The van der Waals surface area contributed by atoms with Crippen molar-refractivity contribution in [3.05, 3.63) is 71.3 Å². The van der Waals surface area contributed by atoms with Crippen molar-refractivity contribution in [2.45, 2.75) is 46.5 Å². The molecule has 6 nitrogen and oxygen atoms in total. The third-order valence-corrected chi connectivity index (χ3v) is 4.49. The standard InChI is InChI=1S/C23H31N3O3/c1-4-29-16-20-12-10-19(11-13-20)14-24-22(27)21(17(2)3)26-23(28)25-15-18-8-6-5-7-9-18/h5-13,17,21H,4,14-16H2,1-3H3,(H,24,27)(H2,25,26,28). The van der Waals surface area contributed by atoms with Gasteiger partial charge in [-0.1, -0.05) is 68.4 Å². The van der Waals surface area contributed by atoms with E-state index < -0.39 is 6.04 Å². The van der Waals surface area contributed by atoms with Crippen molar-refractivity contribution in [3.8, 4) is 0 Å². The van der Waals surface area contributed by atoms with Gasteiger partial charge in [-0.2, -0.15) is 0 Å². The quantitative estimate of drug-likeness (QED) is 0.575. The van der Waals surface area contributed by atoms with Crippen molar-refractivity contribution in [1.82, 2.24) is 16.0 Å². The molecule has 0 bridgehead atoms. The van der Waals surface area contributed by atoms with Crippen LogP contribution in [0.3, 0.4) is 0 Å². The van der Waals surface area contributed by atoms with Gasteiger partial charge in [-0.25, -0.2) is 4.79 Å². The summed E-state index contributed by atoms with van der Waals surface area (Å²) < 4.78 is 5.38. The highest BCUT2D eigenvalue weighted by Gasteiger charge is 2.23. The molecule has 0 aromatic heterocycles. The molecule has 0 heterocycles. The molecule has 2 aromatic carbocycles. The number of urea groups is 1. The summed E-state index contributed by atoms with van der Waals surface area (Å²) in [5.74, 6) is -0.237. The van der Waals surface area contributed by atoms with Crippen molar-refractivity contribution in [2.24, 2.45) is 5.92 Å². The molecule has 3 N–H and O–H groups in total. The maximum Gasteiger partial charge on any atom is 0.315 e. The summed E-state index contributed by atoms with van der Waals surface area (Å²) in [7, 11) is 0. The van der Waals surface area contributed by atoms with E-state index in [0.29, 0.717) is 26.3 Å². The van der Waals surface area contributed by atoms with Gasteiger partial charge in [0.1, 0.15) is 6.04 Å². The molecular formula is C23H31N3O3. The number of hydrogen-bond acceptors (Lipinski definition) is 3. The van der Waals surface area contributed by atoms with E-state index in [1.165, 1.54) is 0 Å². The molecule has 0 saturated heterocycles. The lowest BCUT2D eigenvalue weighted by atomic mass is 10.0. The second kappa shape index (κ2) is 11.9. The van der Waals surface area contributed by atoms with Gasteiger partial charge in [0.25, 0.3) is 0 Å². The maximum absolute atomic E-state index is 12.6. The molecule has 29 heavy (non-hydrogen) atoms. The zero-order valence-corrected chi connectivity index (χ0v) is 17.4. The molecular weight excluding hydrogens is 366 g/mol. The number of amides is 3. The first-order valence-electron chi connectivity index (χ1n) is 10.0. The van der Waals surface area contributed by atoms with Gasteiger partial charge in [0.15, 0.2) is 0 Å². The lowest BCUT2D eigenvalue weighted by Crippen LogP contribution is -2.52. The summed E-state index contributed by atoms with van der Waals surface area (Å²) in [6.07, 6.45) is 0. The van der Waals surface area contributed by atoms with Crippen LogP contribution in [-0.2, 0) is 29.2 Å². The molecule has 0 saturated carbocycles. The van der Waals surface area contributed by atoms with Gasteiger partial charge >= 0.3 is 6.03 Å². The summed E-state index contributed by atoms with van der Waals surface area (Å²) >= 11 is 0. The minimum Gasteiger partial charge on any atom is -0.377 e. The van der Waals surface area contributed by atoms with E-state index in [-0.39, 0.29) is 17.9 Å². The Hall–Kier alpha value is -2.86. The maximum atomic E-state index is 12.6. The van der Waals surface area contributed by atoms with Gasteiger partial charge in [0, 0.05) is 19.7 Å². The number of hydrogen-bond donors (Lipinski definition) is 3. The van der Waals surface area contributed by atoms with Crippen LogP contribution in [0.1, 0.15) is 37.5 Å². The number of carbonyl (C=O) groups excluding carboxylic acids is 2.